The zero-order chi connectivity index (χ0) is 18.9. The Morgan fingerprint density at radius 3 is 2.73 bits per heavy atom. The lowest BCUT2D eigenvalue weighted by molar-refractivity contribution is 0.375. The van der Waals surface area contributed by atoms with E-state index in [1.165, 1.54) is 5.56 Å². The van der Waals surface area contributed by atoms with E-state index in [0.717, 1.165) is 36.3 Å². The minimum absolute atomic E-state index is 0.0477. The highest BCUT2D eigenvalue weighted by Crippen LogP contribution is 2.44. The van der Waals surface area contributed by atoms with Crippen LogP contribution >= 0.6 is 0 Å². The lowest BCUT2D eigenvalue weighted by atomic mass is 9.79. The number of nitrogens with zero attached hydrogens (tertiary/aromatic N) is 2. The molecule has 0 amide bonds. The molecule has 0 bridgehead atoms. The largest absolute Gasteiger partial charge is 0.366 e. The van der Waals surface area contributed by atoms with E-state index >= 15 is 0 Å². The average Bonchev–Trinajstić information content (AvgIpc) is 2.57. The summed E-state index contributed by atoms with van der Waals surface area (Å²) < 4.78 is 14.8. The van der Waals surface area contributed by atoms with E-state index in [0.29, 0.717) is 11.5 Å². The van der Waals surface area contributed by atoms with Gasteiger partial charge in [0.05, 0.1) is 5.69 Å². The van der Waals surface area contributed by atoms with Crippen molar-refractivity contribution in [1.82, 2.24) is 0 Å². The predicted molar refractivity (Wildman–Crippen MR) is 110 cm³/mol. The van der Waals surface area contributed by atoms with Crippen molar-refractivity contribution in [3.63, 3.8) is 0 Å². The molecule has 0 fully saturated rings. The first-order chi connectivity index (χ1) is 12.3. The summed E-state index contributed by atoms with van der Waals surface area (Å²) in [6.07, 6.45) is 3.77. The van der Waals surface area contributed by atoms with Crippen molar-refractivity contribution in [3.05, 3.63) is 58.9 Å². The fourth-order valence-electron chi connectivity index (χ4n) is 4.12. The molecule has 0 spiro atoms. The van der Waals surface area contributed by atoms with Gasteiger partial charge in [-0.1, -0.05) is 26.0 Å². The van der Waals surface area contributed by atoms with E-state index < -0.39 is 0 Å². The molecule has 2 aromatic carbocycles. The van der Waals surface area contributed by atoms with Crippen LogP contribution in [0.5, 0.6) is 0 Å². The summed E-state index contributed by atoms with van der Waals surface area (Å²) >= 11 is 0. The molecule has 0 saturated heterocycles. The molecule has 0 radical (unpaired) electrons. The number of hydrogen-bond acceptors (Lipinski definition) is 2. The van der Waals surface area contributed by atoms with Crippen LogP contribution < -0.4 is 4.90 Å². The monoisotopic (exact) mass is 352 g/mol. The van der Waals surface area contributed by atoms with Crippen molar-refractivity contribution in [2.75, 3.05) is 11.4 Å². The van der Waals surface area contributed by atoms with Crippen LogP contribution in [0.1, 0.15) is 63.1 Å². The summed E-state index contributed by atoms with van der Waals surface area (Å²) in [5.74, 6) is 0.200. The van der Waals surface area contributed by atoms with E-state index in [1.54, 1.807) is 12.3 Å². The number of aryl methyl sites for hydroxylation is 1. The summed E-state index contributed by atoms with van der Waals surface area (Å²) in [5.41, 5.74) is 4.88. The zero-order valence-electron chi connectivity index (χ0n) is 16.5. The number of halogens is 1. The van der Waals surface area contributed by atoms with Gasteiger partial charge in [0.15, 0.2) is 0 Å². The number of benzene rings is 2. The van der Waals surface area contributed by atoms with E-state index in [9.17, 15) is 4.39 Å². The van der Waals surface area contributed by atoms with Crippen molar-refractivity contribution in [2.24, 2.45) is 4.99 Å². The van der Waals surface area contributed by atoms with Crippen LogP contribution in [0, 0.1) is 12.7 Å². The second-order valence-electron chi connectivity index (χ2n) is 8.10. The summed E-state index contributed by atoms with van der Waals surface area (Å²) in [6.45, 7) is 11.9. The van der Waals surface area contributed by atoms with E-state index in [2.05, 4.69) is 37.6 Å². The van der Waals surface area contributed by atoms with Crippen LogP contribution in [0.15, 0.2) is 41.4 Å². The second-order valence-corrected chi connectivity index (χ2v) is 8.10. The lowest BCUT2D eigenvalue weighted by Gasteiger charge is -2.47. The molecule has 3 rings (SSSR count). The fourth-order valence-corrected chi connectivity index (χ4v) is 4.12. The van der Waals surface area contributed by atoms with Gasteiger partial charge in [-0.2, -0.15) is 0 Å². The summed E-state index contributed by atoms with van der Waals surface area (Å²) in [7, 11) is 0. The molecule has 1 unspecified atom stereocenters. The highest BCUT2D eigenvalue weighted by molar-refractivity contribution is 5.84. The number of aliphatic imine (C=N–C) groups is 1. The highest BCUT2D eigenvalue weighted by Gasteiger charge is 2.36. The van der Waals surface area contributed by atoms with Gasteiger partial charge < -0.3 is 4.90 Å². The molecule has 0 aliphatic carbocycles. The zero-order valence-corrected chi connectivity index (χ0v) is 16.5. The quantitative estimate of drug-likeness (QED) is 0.582. The molecule has 0 N–H and O–H groups in total. The van der Waals surface area contributed by atoms with E-state index in [4.69, 9.17) is 0 Å². The van der Waals surface area contributed by atoms with E-state index in [-0.39, 0.29) is 11.4 Å². The first-order valence-corrected chi connectivity index (χ1v) is 9.53. The highest BCUT2D eigenvalue weighted by atomic mass is 19.1. The van der Waals surface area contributed by atoms with Crippen LogP contribution in [-0.4, -0.2) is 18.3 Å². The van der Waals surface area contributed by atoms with Gasteiger partial charge in [-0.15, -0.1) is 0 Å². The lowest BCUT2D eigenvalue weighted by Crippen LogP contribution is -2.48. The first-order valence-electron chi connectivity index (χ1n) is 9.53. The normalized spacial score (nSPS) is 19.0. The molecule has 1 aliphatic rings. The maximum atomic E-state index is 14.8. The molecule has 138 valence electrons. The predicted octanol–water partition coefficient (Wildman–Crippen LogP) is 6.39. The summed E-state index contributed by atoms with van der Waals surface area (Å²) in [6, 6.07) is 11.6. The summed E-state index contributed by atoms with van der Waals surface area (Å²) in [5, 5.41) is 0. The fraction of sp³-hybridized carbons (Fsp3) is 0.435. The molecule has 26 heavy (non-hydrogen) atoms. The Balaban J connectivity index is 2.00. The molecule has 3 heteroatoms. The number of rotatable bonds is 4. The van der Waals surface area contributed by atoms with Crippen LogP contribution in [0.25, 0.3) is 0 Å². The molecule has 1 aliphatic heterocycles. The van der Waals surface area contributed by atoms with Gasteiger partial charge in [-0.25, -0.2) is 4.39 Å². The Bertz CT molecular complexity index is 823. The van der Waals surface area contributed by atoms with Gasteiger partial charge in [-0.3, -0.25) is 4.99 Å². The van der Waals surface area contributed by atoms with Crippen LogP contribution in [-0.2, 0) is 0 Å². The third-order valence-electron chi connectivity index (χ3n) is 5.31. The van der Waals surface area contributed by atoms with Crippen LogP contribution in [0.4, 0.5) is 15.8 Å². The van der Waals surface area contributed by atoms with Crippen LogP contribution in [0.3, 0.4) is 0 Å². The third kappa shape index (κ3) is 3.67. The Hall–Kier alpha value is -2.16. The molecule has 1 heterocycles. The van der Waals surface area contributed by atoms with Gasteiger partial charge >= 0.3 is 0 Å². The minimum Gasteiger partial charge on any atom is -0.366 e. The molecule has 0 saturated carbocycles. The maximum absolute atomic E-state index is 14.8. The molecular weight excluding hydrogens is 323 g/mol. The molecule has 1 atom stereocenters. The Morgan fingerprint density at radius 2 is 2.04 bits per heavy atom. The van der Waals surface area contributed by atoms with Gasteiger partial charge in [-0.05, 0) is 74.9 Å². The van der Waals surface area contributed by atoms with Crippen molar-refractivity contribution in [3.8, 4) is 0 Å². The van der Waals surface area contributed by atoms with Crippen molar-refractivity contribution in [1.29, 1.82) is 0 Å². The minimum atomic E-state index is -0.203. The topological polar surface area (TPSA) is 15.6 Å². The number of fused-ring (bicyclic) bond motifs is 1. The SMILES string of the molecule is CCCN1c2cc(F)c(C=Nc3cccc(C)c3)cc2C(C)CC1(C)C. The third-order valence-corrected chi connectivity index (χ3v) is 5.31. The summed E-state index contributed by atoms with van der Waals surface area (Å²) in [4.78, 5) is 6.85. The smallest absolute Gasteiger partial charge is 0.134 e. The molecule has 2 nitrogen and oxygen atoms in total. The average molecular weight is 352 g/mol. The number of hydrogen-bond donors (Lipinski definition) is 0. The van der Waals surface area contributed by atoms with Crippen molar-refractivity contribution >= 4 is 17.6 Å². The molecular formula is C23H29FN2. The first kappa shape index (κ1) is 18.6. The Morgan fingerprint density at radius 1 is 1.27 bits per heavy atom. The maximum Gasteiger partial charge on any atom is 0.134 e. The van der Waals surface area contributed by atoms with Gasteiger partial charge in [0.1, 0.15) is 5.82 Å². The standard InChI is InChI=1S/C23H29FN2/c1-6-10-26-22-13-21(24)18(12-20(22)17(3)14-23(26,4)5)15-25-19-9-7-8-16(2)11-19/h7-9,11-13,15,17H,6,10,14H2,1-5H3. The van der Waals surface area contributed by atoms with Gasteiger partial charge in [0, 0.05) is 29.5 Å². The molecule has 0 aromatic heterocycles. The Kier molecular flexibility index (Phi) is 5.17. The van der Waals surface area contributed by atoms with Gasteiger partial charge in [0.2, 0.25) is 0 Å². The van der Waals surface area contributed by atoms with E-state index in [1.807, 2.05) is 37.3 Å². The van der Waals surface area contributed by atoms with Crippen molar-refractivity contribution in [2.45, 2.75) is 58.9 Å². The molecule has 2 aromatic rings. The second kappa shape index (κ2) is 7.22. The number of anilines is 1. The van der Waals surface area contributed by atoms with Crippen LogP contribution in [0.2, 0.25) is 0 Å². The van der Waals surface area contributed by atoms with Crippen molar-refractivity contribution < 1.29 is 4.39 Å². The van der Waals surface area contributed by atoms with Gasteiger partial charge in [0.25, 0.3) is 0 Å². The Labute approximate surface area is 156 Å².